The fourth-order valence-electron chi connectivity index (χ4n) is 1.78. The van der Waals surface area contributed by atoms with E-state index in [-0.39, 0.29) is 0 Å². The molecular formula is C13H21N3. The van der Waals surface area contributed by atoms with Crippen LogP contribution in [0.5, 0.6) is 0 Å². The second-order valence-corrected chi connectivity index (χ2v) is 5.03. The van der Waals surface area contributed by atoms with Crippen molar-refractivity contribution in [3.8, 4) is 0 Å². The third-order valence-electron chi connectivity index (χ3n) is 3.31. The van der Waals surface area contributed by atoms with Gasteiger partial charge < -0.3 is 5.32 Å². The Kier molecular flexibility index (Phi) is 3.42. The zero-order valence-electron chi connectivity index (χ0n) is 10.5. The molecule has 0 bridgehead atoms. The Hall–Kier alpha value is -1.12. The molecule has 88 valence electrons. The molecule has 0 aromatic carbocycles. The van der Waals surface area contributed by atoms with E-state index in [4.69, 9.17) is 0 Å². The van der Waals surface area contributed by atoms with Gasteiger partial charge in [-0.15, -0.1) is 0 Å². The van der Waals surface area contributed by atoms with Crippen molar-refractivity contribution in [2.45, 2.75) is 52.5 Å². The van der Waals surface area contributed by atoms with E-state index in [0.717, 1.165) is 23.1 Å². The molecule has 16 heavy (non-hydrogen) atoms. The Morgan fingerprint density at radius 3 is 2.81 bits per heavy atom. The van der Waals surface area contributed by atoms with Gasteiger partial charge in [-0.2, -0.15) is 0 Å². The van der Waals surface area contributed by atoms with E-state index >= 15 is 0 Å². The molecule has 2 rings (SSSR count). The fourth-order valence-corrected chi connectivity index (χ4v) is 1.78. The molecule has 1 saturated carbocycles. The first-order valence-electron chi connectivity index (χ1n) is 6.22. The van der Waals surface area contributed by atoms with Crippen molar-refractivity contribution in [1.82, 2.24) is 9.97 Å². The second-order valence-electron chi connectivity index (χ2n) is 5.03. The van der Waals surface area contributed by atoms with Crippen molar-refractivity contribution in [3.63, 3.8) is 0 Å². The summed E-state index contributed by atoms with van der Waals surface area (Å²) >= 11 is 0. The standard InChI is InChI=1S/C13H21N3/c1-9-8-14-13(16-11(9)3)15-10(2)4-5-12-6-7-12/h8,10,12H,4-7H2,1-3H3,(H,14,15,16). The van der Waals surface area contributed by atoms with Crippen molar-refractivity contribution in [3.05, 3.63) is 17.5 Å². The van der Waals surface area contributed by atoms with Crippen molar-refractivity contribution in [1.29, 1.82) is 0 Å². The lowest BCUT2D eigenvalue weighted by atomic mass is 10.1. The Bertz CT molecular complexity index is 358. The maximum atomic E-state index is 4.43. The molecule has 1 aliphatic carbocycles. The summed E-state index contributed by atoms with van der Waals surface area (Å²) in [7, 11) is 0. The normalized spacial score (nSPS) is 17.2. The van der Waals surface area contributed by atoms with Gasteiger partial charge in [0.25, 0.3) is 0 Å². The number of rotatable bonds is 5. The predicted octanol–water partition coefficient (Wildman–Crippen LogP) is 3.08. The van der Waals surface area contributed by atoms with Gasteiger partial charge >= 0.3 is 0 Å². The number of aromatic nitrogens is 2. The molecule has 0 saturated heterocycles. The zero-order valence-corrected chi connectivity index (χ0v) is 10.5. The minimum absolute atomic E-state index is 0.475. The van der Waals surface area contributed by atoms with Crippen LogP contribution in [0.4, 0.5) is 5.95 Å². The lowest BCUT2D eigenvalue weighted by molar-refractivity contribution is 0.607. The molecule has 1 aromatic heterocycles. The Balaban J connectivity index is 1.84. The van der Waals surface area contributed by atoms with E-state index < -0.39 is 0 Å². The van der Waals surface area contributed by atoms with Crippen LogP contribution in [0.15, 0.2) is 6.20 Å². The average molecular weight is 219 g/mol. The highest BCUT2D eigenvalue weighted by Gasteiger charge is 2.21. The molecule has 1 unspecified atom stereocenters. The van der Waals surface area contributed by atoms with E-state index in [1.54, 1.807) is 0 Å². The third kappa shape index (κ3) is 3.19. The minimum Gasteiger partial charge on any atom is -0.352 e. The van der Waals surface area contributed by atoms with Crippen molar-refractivity contribution >= 4 is 5.95 Å². The molecule has 1 atom stereocenters. The van der Waals surface area contributed by atoms with Gasteiger partial charge in [0.05, 0.1) is 0 Å². The van der Waals surface area contributed by atoms with Crippen LogP contribution >= 0.6 is 0 Å². The Labute approximate surface area is 97.7 Å². The number of anilines is 1. The van der Waals surface area contributed by atoms with Crippen molar-refractivity contribution in [2.75, 3.05) is 5.32 Å². The first-order valence-corrected chi connectivity index (χ1v) is 6.22. The SMILES string of the molecule is Cc1cnc(NC(C)CCC2CC2)nc1C. The minimum atomic E-state index is 0.475. The third-order valence-corrected chi connectivity index (χ3v) is 3.31. The Morgan fingerprint density at radius 1 is 1.44 bits per heavy atom. The quantitative estimate of drug-likeness (QED) is 0.827. The molecule has 0 aliphatic heterocycles. The van der Waals surface area contributed by atoms with Gasteiger partial charge in [0.15, 0.2) is 0 Å². The van der Waals surface area contributed by atoms with Gasteiger partial charge in [0.1, 0.15) is 0 Å². The summed E-state index contributed by atoms with van der Waals surface area (Å²) in [4.78, 5) is 8.73. The monoisotopic (exact) mass is 219 g/mol. The lowest BCUT2D eigenvalue weighted by Gasteiger charge is -2.13. The lowest BCUT2D eigenvalue weighted by Crippen LogP contribution is -2.17. The molecule has 1 aliphatic rings. The molecule has 1 fully saturated rings. The van der Waals surface area contributed by atoms with Crippen LogP contribution in [-0.4, -0.2) is 16.0 Å². The van der Waals surface area contributed by atoms with Gasteiger partial charge in [-0.25, -0.2) is 9.97 Å². The van der Waals surface area contributed by atoms with E-state index in [1.165, 1.54) is 25.7 Å². The number of nitrogens with one attached hydrogen (secondary N) is 1. The van der Waals surface area contributed by atoms with Crippen molar-refractivity contribution < 1.29 is 0 Å². The summed E-state index contributed by atoms with van der Waals surface area (Å²) < 4.78 is 0. The molecule has 0 radical (unpaired) electrons. The fraction of sp³-hybridized carbons (Fsp3) is 0.692. The van der Waals surface area contributed by atoms with E-state index in [1.807, 2.05) is 20.0 Å². The summed E-state index contributed by atoms with van der Waals surface area (Å²) in [6, 6.07) is 0.475. The molecule has 1 N–H and O–H groups in total. The number of hydrogen-bond donors (Lipinski definition) is 1. The number of aryl methyl sites for hydroxylation is 2. The largest absolute Gasteiger partial charge is 0.352 e. The molecule has 1 aromatic rings. The van der Waals surface area contributed by atoms with E-state index in [2.05, 4.69) is 22.2 Å². The average Bonchev–Trinajstić information content (AvgIpc) is 3.04. The summed E-state index contributed by atoms with van der Waals surface area (Å²) in [5.74, 6) is 1.77. The van der Waals surface area contributed by atoms with Crippen LogP contribution < -0.4 is 5.32 Å². The summed E-state index contributed by atoms with van der Waals surface area (Å²) in [6.07, 6.45) is 7.33. The maximum Gasteiger partial charge on any atom is 0.223 e. The molecule has 1 heterocycles. The smallest absolute Gasteiger partial charge is 0.223 e. The van der Waals surface area contributed by atoms with Crippen LogP contribution in [-0.2, 0) is 0 Å². The van der Waals surface area contributed by atoms with Gasteiger partial charge in [-0.1, -0.05) is 12.8 Å². The maximum absolute atomic E-state index is 4.43. The molecular weight excluding hydrogens is 198 g/mol. The summed E-state index contributed by atoms with van der Waals surface area (Å²) in [6.45, 7) is 6.27. The zero-order chi connectivity index (χ0) is 11.5. The molecule has 0 amide bonds. The van der Waals surface area contributed by atoms with E-state index in [0.29, 0.717) is 6.04 Å². The summed E-state index contributed by atoms with van der Waals surface area (Å²) in [5, 5.41) is 3.37. The van der Waals surface area contributed by atoms with Crippen LogP contribution in [0.3, 0.4) is 0 Å². The molecule has 0 spiro atoms. The van der Waals surface area contributed by atoms with Crippen LogP contribution in [0, 0.1) is 19.8 Å². The van der Waals surface area contributed by atoms with Gasteiger partial charge in [-0.3, -0.25) is 0 Å². The van der Waals surface area contributed by atoms with Gasteiger partial charge in [0.2, 0.25) is 5.95 Å². The first-order chi connectivity index (χ1) is 7.65. The van der Waals surface area contributed by atoms with E-state index in [9.17, 15) is 0 Å². The van der Waals surface area contributed by atoms with Crippen LogP contribution in [0.25, 0.3) is 0 Å². The van der Waals surface area contributed by atoms with Crippen LogP contribution in [0.2, 0.25) is 0 Å². The van der Waals surface area contributed by atoms with Crippen LogP contribution in [0.1, 0.15) is 43.9 Å². The molecule has 3 heteroatoms. The highest BCUT2D eigenvalue weighted by atomic mass is 15.1. The topological polar surface area (TPSA) is 37.8 Å². The Morgan fingerprint density at radius 2 is 2.19 bits per heavy atom. The second kappa shape index (κ2) is 4.81. The van der Waals surface area contributed by atoms with Gasteiger partial charge in [0, 0.05) is 17.9 Å². The summed E-state index contributed by atoms with van der Waals surface area (Å²) in [5.41, 5.74) is 2.21. The molecule has 3 nitrogen and oxygen atoms in total. The first kappa shape index (κ1) is 11.4. The van der Waals surface area contributed by atoms with Gasteiger partial charge in [-0.05, 0) is 45.1 Å². The highest BCUT2D eigenvalue weighted by Crippen LogP contribution is 2.34. The number of nitrogens with zero attached hydrogens (tertiary/aromatic N) is 2. The number of hydrogen-bond acceptors (Lipinski definition) is 3. The highest BCUT2D eigenvalue weighted by molar-refractivity contribution is 5.29. The van der Waals surface area contributed by atoms with Crippen molar-refractivity contribution in [2.24, 2.45) is 5.92 Å². The predicted molar refractivity (Wildman–Crippen MR) is 66.5 cm³/mol.